The van der Waals surface area contributed by atoms with E-state index in [1.165, 1.54) is 25.5 Å². The average Bonchev–Trinajstić information content (AvgIpc) is 2.51. The summed E-state index contributed by atoms with van der Waals surface area (Å²) in [5, 5.41) is 6.69. The van der Waals surface area contributed by atoms with E-state index in [9.17, 15) is 4.39 Å². The minimum atomic E-state index is -0.179. The monoisotopic (exact) mass is 306 g/mol. The van der Waals surface area contributed by atoms with E-state index >= 15 is 0 Å². The molecule has 0 radical (unpaired) electrons. The highest BCUT2D eigenvalue weighted by molar-refractivity contribution is 5.79. The topological polar surface area (TPSA) is 39.7 Å². The van der Waals surface area contributed by atoms with Crippen molar-refractivity contribution in [3.8, 4) is 0 Å². The first-order valence-electron chi connectivity index (χ1n) is 8.05. The van der Waals surface area contributed by atoms with E-state index in [0.29, 0.717) is 5.92 Å². The van der Waals surface area contributed by atoms with Gasteiger partial charge in [-0.05, 0) is 56.5 Å². The third-order valence-corrected chi connectivity index (χ3v) is 4.10. The predicted octanol–water partition coefficient (Wildman–Crippen LogP) is 1.87. The summed E-state index contributed by atoms with van der Waals surface area (Å²) in [6, 6.07) is 6.74. The molecule has 5 heteroatoms. The number of nitrogens with one attached hydrogen (secondary N) is 2. The van der Waals surface area contributed by atoms with Crippen LogP contribution in [0.1, 0.15) is 18.4 Å². The Morgan fingerprint density at radius 1 is 1.41 bits per heavy atom. The summed E-state index contributed by atoms with van der Waals surface area (Å²) in [6.07, 6.45) is 3.33. The van der Waals surface area contributed by atoms with Gasteiger partial charge in [0.2, 0.25) is 0 Å². The van der Waals surface area contributed by atoms with E-state index in [-0.39, 0.29) is 5.82 Å². The lowest BCUT2D eigenvalue weighted by Crippen LogP contribution is -2.44. The molecular weight excluding hydrogens is 279 g/mol. The summed E-state index contributed by atoms with van der Waals surface area (Å²) < 4.78 is 13.1. The van der Waals surface area contributed by atoms with Crippen molar-refractivity contribution in [2.75, 3.05) is 40.3 Å². The number of hydrogen-bond acceptors (Lipinski definition) is 2. The number of rotatable bonds is 5. The molecule has 22 heavy (non-hydrogen) atoms. The van der Waals surface area contributed by atoms with Gasteiger partial charge in [-0.25, -0.2) is 4.39 Å². The maximum atomic E-state index is 13.1. The minimum absolute atomic E-state index is 0.179. The zero-order valence-electron chi connectivity index (χ0n) is 13.6. The van der Waals surface area contributed by atoms with Crippen molar-refractivity contribution in [1.82, 2.24) is 15.5 Å². The Bertz CT molecular complexity index is 489. The summed E-state index contributed by atoms with van der Waals surface area (Å²) in [4.78, 5) is 6.63. The largest absolute Gasteiger partial charge is 0.356 e. The van der Waals surface area contributed by atoms with Crippen LogP contribution in [0.2, 0.25) is 0 Å². The van der Waals surface area contributed by atoms with Crippen LogP contribution >= 0.6 is 0 Å². The Hall–Kier alpha value is -1.62. The molecule has 1 saturated heterocycles. The van der Waals surface area contributed by atoms with Crippen molar-refractivity contribution in [1.29, 1.82) is 0 Å². The first-order chi connectivity index (χ1) is 10.7. The molecular formula is C17H27FN4. The lowest BCUT2D eigenvalue weighted by Gasteiger charge is -2.30. The second-order valence-corrected chi connectivity index (χ2v) is 6.03. The van der Waals surface area contributed by atoms with Crippen molar-refractivity contribution in [3.05, 3.63) is 35.6 Å². The summed E-state index contributed by atoms with van der Waals surface area (Å²) in [6.45, 7) is 4.04. The smallest absolute Gasteiger partial charge is 0.190 e. The number of benzene rings is 1. The maximum absolute atomic E-state index is 13.1. The molecule has 0 bridgehead atoms. The Balaban J connectivity index is 1.69. The van der Waals surface area contributed by atoms with Gasteiger partial charge in [-0.15, -0.1) is 0 Å². The van der Waals surface area contributed by atoms with Crippen molar-refractivity contribution < 1.29 is 4.39 Å². The standard InChI is InChI=1S/C17H27FN4/c1-19-17(21-12-15-6-4-10-22(2)13-15)20-9-8-14-5-3-7-16(18)11-14/h3,5,7,11,15H,4,6,8-10,12-13H2,1-2H3,(H2,19,20,21). The molecule has 1 aliphatic heterocycles. The fraction of sp³-hybridized carbons (Fsp3) is 0.588. The second-order valence-electron chi connectivity index (χ2n) is 6.03. The Kier molecular flexibility index (Phi) is 6.65. The van der Waals surface area contributed by atoms with E-state index in [2.05, 4.69) is 27.6 Å². The molecule has 1 aromatic rings. The van der Waals surface area contributed by atoms with Gasteiger partial charge >= 0.3 is 0 Å². The van der Waals surface area contributed by atoms with Crippen LogP contribution in [0, 0.1) is 11.7 Å². The van der Waals surface area contributed by atoms with Gasteiger partial charge in [-0.2, -0.15) is 0 Å². The van der Waals surface area contributed by atoms with Crippen molar-refractivity contribution in [3.63, 3.8) is 0 Å². The quantitative estimate of drug-likeness (QED) is 0.644. The van der Waals surface area contributed by atoms with Crippen LogP contribution in [0.25, 0.3) is 0 Å². The SMILES string of the molecule is CN=C(NCCc1cccc(F)c1)NCC1CCCN(C)C1. The van der Waals surface area contributed by atoms with E-state index in [4.69, 9.17) is 0 Å². The second kappa shape index (κ2) is 8.73. The van der Waals surface area contributed by atoms with E-state index in [0.717, 1.165) is 37.6 Å². The summed E-state index contributed by atoms with van der Waals surface area (Å²) >= 11 is 0. The van der Waals surface area contributed by atoms with Crippen LogP contribution < -0.4 is 10.6 Å². The first kappa shape index (κ1) is 16.7. The van der Waals surface area contributed by atoms with Crippen LogP contribution in [0.5, 0.6) is 0 Å². The van der Waals surface area contributed by atoms with Gasteiger partial charge in [-0.3, -0.25) is 4.99 Å². The zero-order chi connectivity index (χ0) is 15.8. The van der Waals surface area contributed by atoms with Crippen LogP contribution in [-0.4, -0.2) is 51.1 Å². The molecule has 0 aromatic heterocycles. The fourth-order valence-corrected chi connectivity index (χ4v) is 2.92. The Morgan fingerprint density at radius 2 is 2.27 bits per heavy atom. The summed E-state index contributed by atoms with van der Waals surface area (Å²) in [7, 11) is 3.96. The molecule has 2 N–H and O–H groups in total. The number of aliphatic imine (C=N–C) groups is 1. The van der Waals surface area contributed by atoms with Crippen LogP contribution in [0.15, 0.2) is 29.3 Å². The van der Waals surface area contributed by atoms with Gasteiger partial charge in [-0.1, -0.05) is 12.1 Å². The molecule has 1 aromatic carbocycles. The van der Waals surface area contributed by atoms with E-state index in [1.807, 2.05) is 6.07 Å². The van der Waals surface area contributed by atoms with E-state index in [1.54, 1.807) is 19.2 Å². The van der Waals surface area contributed by atoms with Gasteiger partial charge in [0.1, 0.15) is 5.82 Å². The Labute approximate surface area is 132 Å². The van der Waals surface area contributed by atoms with Gasteiger partial charge < -0.3 is 15.5 Å². The molecule has 4 nitrogen and oxygen atoms in total. The number of guanidine groups is 1. The van der Waals surface area contributed by atoms with Crippen LogP contribution in [-0.2, 0) is 6.42 Å². The molecule has 1 atom stereocenters. The van der Waals surface area contributed by atoms with E-state index < -0.39 is 0 Å². The predicted molar refractivity (Wildman–Crippen MR) is 89.7 cm³/mol. The van der Waals surface area contributed by atoms with Gasteiger partial charge in [0, 0.05) is 26.7 Å². The average molecular weight is 306 g/mol. The Morgan fingerprint density at radius 3 is 3.00 bits per heavy atom. The fourth-order valence-electron chi connectivity index (χ4n) is 2.92. The van der Waals surface area contributed by atoms with Crippen LogP contribution in [0.3, 0.4) is 0 Å². The number of halogens is 1. The van der Waals surface area contributed by atoms with Crippen molar-refractivity contribution >= 4 is 5.96 Å². The molecule has 0 aliphatic carbocycles. The highest BCUT2D eigenvalue weighted by Crippen LogP contribution is 2.13. The number of piperidine rings is 1. The first-order valence-corrected chi connectivity index (χ1v) is 8.05. The molecule has 0 saturated carbocycles. The number of nitrogens with zero attached hydrogens (tertiary/aromatic N) is 2. The highest BCUT2D eigenvalue weighted by Gasteiger charge is 2.17. The molecule has 0 spiro atoms. The third-order valence-electron chi connectivity index (χ3n) is 4.10. The minimum Gasteiger partial charge on any atom is -0.356 e. The van der Waals surface area contributed by atoms with Gasteiger partial charge in [0.15, 0.2) is 5.96 Å². The van der Waals surface area contributed by atoms with Crippen molar-refractivity contribution in [2.24, 2.45) is 10.9 Å². The number of likely N-dealkylation sites (tertiary alicyclic amines) is 1. The maximum Gasteiger partial charge on any atom is 0.190 e. The van der Waals surface area contributed by atoms with Gasteiger partial charge in [0.25, 0.3) is 0 Å². The molecule has 1 heterocycles. The number of hydrogen-bond donors (Lipinski definition) is 2. The third kappa shape index (κ3) is 5.64. The van der Waals surface area contributed by atoms with Crippen molar-refractivity contribution in [2.45, 2.75) is 19.3 Å². The lowest BCUT2D eigenvalue weighted by molar-refractivity contribution is 0.210. The molecule has 1 aliphatic rings. The highest BCUT2D eigenvalue weighted by atomic mass is 19.1. The summed E-state index contributed by atoms with van der Waals surface area (Å²) in [5.74, 6) is 1.33. The molecule has 1 unspecified atom stereocenters. The molecule has 122 valence electrons. The lowest BCUT2D eigenvalue weighted by atomic mass is 9.99. The van der Waals surface area contributed by atoms with Crippen LogP contribution in [0.4, 0.5) is 4.39 Å². The normalized spacial score (nSPS) is 20.0. The van der Waals surface area contributed by atoms with Gasteiger partial charge in [0.05, 0.1) is 0 Å². The summed E-state index contributed by atoms with van der Waals surface area (Å²) in [5.41, 5.74) is 0.997. The molecule has 1 fully saturated rings. The molecule has 0 amide bonds. The zero-order valence-corrected chi connectivity index (χ0v) is 13.6. The molecule has 2 rings (SSSR count).